The molecule has 0 aromatic heterocycles. The maximum Gasteiger partial charge on any atom is 0.376 e. The van der Waals surface area contributed by atoms with Crippen molar-refractivity contribution in [1.82, 2.24) is 0 Å². The van der Waals surface area contributed by atoms with Crippen molar-refractivity contribution in [3.05, 3.63) is 40.7 Å². The lowest BCUT2D eigenvalue weighted by Gasteiger charge is -2.06. The van der Waals surface area contributed by atoms with E-state index in [1.807, 2.05) is 0 Å². The van der Waals surface area contributed by atoms with Crippen LogP contribution in [-0.4, -0.2) is 22.0 Å². The molecule has 0 unspecified atom stereocenters. The highest BCUT2D eigenvalue weighted by Gasteiger charge is 2.28. The first-order chi connectivity index (χ1) is 8.68. The molecule has 19 heavy (non-hydrogen) atoms. The Labute approximate surface area is 101 Å². The summed E-state index contributed by atoms with van der Waals surface area (Å²) < 4.78 is 64.4. The third kappa shape index (κ3) is 2.54. The van der Waals surface area contributed by atoms with Gasteiger partial charge in [-0.15, -0.1) is 0 Å². The molecule has 0 radical (unpaired) electrons. The zero-order valence-corrected chi connectivity index (χ0v) is 8.68. The average Bonchev–Trinajstić information content (AvgIpc) is 2.34. The van der Waals surface area contributed by atoms with Crippen LogP contribution in [0.4, 0.5) is 22.0 Å². The van der Waals surface area contributed by atoms with Gasteiger partial charge in [0.15, 0.2) is 23.3 Å². The first-order valence-corrected chi connectivity index (χ1v) is 4.38. The molecule has 0 fully saturated rings. The SMILES string of the molecule is O=C(O)C(=O)/C=C(\O)c1c(F)c(F)c(F)c(F)c1F. The van der Waals surface area contributed by atoms with Gasteiger partial charge < -0.3 is 10.2 Å². The number of rotatable bonds is 3. The van der Waals surface area contributed by atoms with Gasteiger partial charge in [-0.1, -0.05) is 0 Å². The molecule has 0 spiro atoms. The molecular formula is C10H3F5O4. The number of hydrogen-bond donors (Lipinski definition) is 2. The lowest BCUT2D eigenvalue weighted by Crippen LogP contribution is -2.11. The van der Waals surface area contributed by atoms with Crippen molar-refractivity contribution in [2.75, 3.05) is 0 Å². The number of carboxylic acid groups (broad SMARTS) is 1. The molecule has 9 heteroatoms. The highest BCUT2D eigenvalue weighted by molar-refractivity contribution is 6.38. The Morgan fingerprint density at radius 2 is 1.16 bits per heavy atom. The molecule has 4 nitrogen and oxygen atoms in total. The quantitative estimate of drug-likeness (QED) is 0.222. The zero-order valence-electron chi connectivity index (χ0n) is 8.68. The summed E-state index contributed by atoms with van der Waals surface area (Å²) in [5.74, 6) is -17.5. The Kier molecular flexibility index (Phi) is 3.88. The van der Waals surface area contributed by atoms with E-state index < -0.39 is 52.2 Å². The van der Waals surface area contributed by atoms with Crippen molar-refractivity contribution < 1.29 is 41.8 Å². The molecule has 0 saturated carbocycles. The summed E-state index contributed by atoms with van der Waals surface area (Å²) in [6, 6.07) is 0. The third-order valence-electron chi connectivity index (χ3n) is 1.94. The number of aliphatic hydroxyl groups excluding tert-OH is 1. The monoisotopic (exact) mass is 282 g/mol. The number of halogens is 5. The van der Waals surface area contributed by atoms with E-state index >= 15 is 0 Å². The molecule has 0 aliphatic heterocycles. The van der Waals surface area contributed by atoms with Crippen LogP contribution in [-0.2, 0) is 9.59 Å². The molecule has 0 bridgehead atoms. The molecule has 0 atom stereocenters. The second kappa shape index (κ2) is 5.04. The fraction of sp³-hybridized carbons (Fsp3) is 0. The van der Waals surface area contributed by atoms with Crippen LogP contribution in [0.3, 0.4) is 0 Å². The highest BCUT2D eigenvalue weighted by atomic mass is 19.2. The van der Waals surface area contributed by atoms with Crippen LogP contribution in [0, 0.1) is 29.1 Å². The van der Waals surface area contributed by atoms with Gasteiger partial charge in [0.05, 0.1) is 5.56 Å². The van der Waals surface area contributed by atoms with Gasteiger partial charge in [0, 0.05) is 6.08 Å². The van der Waals surface area contributed by atoms with Crippen LogP contribution >= 0.6 is 0 Å². The first kappa shape index (κ1) is 14.6. The third-order valence-corrected chi connectivity index (χ3v) is 1.94. The minimum Gasteiger partial charge on any atom is -0.507 e. The van der Waals surface area contributed by atoms with Gasteiger partial charge in [0.2, 0.25) is 5.82 Å². The van der Waals surface area contributed by atoms with Crippen molar-refractivity contribution in [2.24, 2.45) is 0 Å². The minimum absolute atomic E-state index is 0.180. The van der Waals surface area contributed by atoms with E-state index in [2.05, 4.69) is 0 Å². The lowest BCUT2D eigenvalue weighted by molar-refractivity contribution is -0.146. The van der Waals surface area contributed by atoms with Crippen LogP contribution in [0.5, 0.6) is 0 Å². The summed E-state index contributed by atoms with van der Waals surface area (Å²) in [6.07, 6.45) is -0.180. The molecule has 0 aliphatic rings. The number of carboxylic acids is 1. The molecule has 0 saturated heterocycles. The number of aliphatic hydroxyl groups is 1. The summed E-state index contributed by atoms with van der Waals surface area (Å²) in [6.45, 7) is 0. The maximum absolute atomic E-state index is 13.1. The zero-order chi connectivity index (χ0) is 14.9. The molecule has 1 aromatic rings. The Morgan fingerprint density at radius 1 is 0.789 bits per heavy atom. The lowest BCUT2D eigenvalue weighted by atomic mass is 10.1. The van der Waals surface area contributed by atoms with Gasteiger partial charge in [0.1, 0.15) is 5.76 Å². The number of hydrogen-bond acceptors (Lipinski definition) is 3. The van der Waals surface area contributed by atoms with Crippen molar-refractivity contribution in [2.45, 2.75) is 0 Å². The Hall–Kier alpha value is -2.45. The number of aliphatic carboxylic acids is 1. The van der Waals surface area contributed by atoms with Crippen molar-refractivity contribution in [3.63, 3.8) is 0 Å². The van der Waals surface area contributed by atoms with Gasteiger partial charge in [0.25, 0.3) is 5.78 Å². The largest absolute Gasteiger partial charge is 0.507 e. The summed E-state index contributed by atoms with van der Waals surface area (Å²) >= 11 is 0. The molecule has 0 heterocycles. The van der Waals surface area contributed by atoms with Gasteiger partial charge in [-0.05, 0) is 0 Å². The summed E-state index contributed by atoms with van der Waals surface area (Å²) in [5.41, 5.74) is -1.79. The smallest absolute Gasteiger partial charge is 0.376 e. The van der Waals surface area contributed by atoms with Gasteiger partial charge >= 0.3 is 5.97 Å². The van der Waals surface area contributed by atoms with E-state index in [1.165, 1.54) is 0 Å². The fourth-order valence-corrected chi connectivity index (χ4v) is 1.09. The normalized spacial score (nSPS) is 11.5. The predicted molar refractivity (Wildman–Crippen MR) is 49.5 cm³/mol. The molecule has 102 valence electrons. The minimum atomic E-state index is -2.45. The van der Waals surface area contributed by atoms with Crippen LogP contribution in [0.2, 0.25) is 0 Å². The topological polar surface area (TPSA) is 74.6 Å². The van der Waals surface area contributed by atoms with Crippen molar-refractivity contribution >= 4 is 17.5 Å². The number of carbonyl (C=O) groups is 2. The molecule has 0 amide bonds. The summed E-state index contributed by atoms with van der Waals surface area (Å²) in [7, 11) is 0. The van der Waals surface area contributed by atoms with Crippen LogP contribution in [0.1, 0.15) is 5.56 Å². The Morgan fingerprint density at radius 3 is 1.53 bits per heavy atom. The van der Waals surface area contributed by atoms with E-state index in [1.54, 1.807) is 0 Å². The average molecular weight is 282 g/mol. The molecule has 1 rings (SSSR count). The van der Waals surface area contributed by atoms with E-state index in [4.69, 9.17) is 10.2 Å². The van der Waals surface area contributed by atoms with E-state index in [0.717, 1.165) is 0 Å². The Bertz CT molecular complexity index is 579. The summed E-state index contributed by atoms with van der Waals surface area (Å²) in [5, 5.41) is 17.3. The van der Waals surface area contributed by atoms with Crippen molar-refractivity contribution in [3.8, 4) is 0 Å². The first-order valence-electron chi connectivity index (χ1n) is 4.38. The molecular weight excluding hydrogens is 279 g/mol. The van der Waals surface area contributed by atoms with Crippen LogP contribution in [0.15, 0.2) is 6.08 Å². The van der Waals surface area contributed by atoms with E-state index in [0.29, 0.717) is 0 Å². The van der Waals surface area contributed by atoms with Gasteiger partial charge in [-0.2, -0.15) is 0 Å². The highest BCUT2D eigenvalue weighted by Crippen LogP contribution is 2.27. The standard InChI is InChI=1S/C10H3F5O4/c11-5-4(2(16)1-3(17)10(18)19)6(12)8(14)9(15)7(5)13/h1,16H,(H,18,19)/b2-1-. The van der Waals surface area contributed by atoms with Crippen LogP contribution in [0.25, 0.3) is 5.76 Å². The number of carbonyl (C=O) groups excluding carboxylic acids is 1. The van der Waals surface area contributed by atoms with E-state index in [-0.39, 0.29) is 6.08 Å². The Balaban J connectivity index is 3.52. The van der Waals surface area contributed by atoms with E-state index in [9.17, 15) is 31.5 Å². The fourth-order valence-electron chi connectivity index (χ4n) is 1.09. The second-order valence-corrected chi connectivity index (χ2v) is 3.14. The van der Waals surface area contributed by atoms with Crippen molar-refractivity contribution in [1.29, 1.82) is 0 Å². The second-order valence-electron chi connectivity index (χ2n) is 3.14. The number of ketones is 1. The predicted octanol–water partition coefficient (Wildman–Crippen LogP) is 1.93. The van der Waals surface area contributed by atoms with Crippen LogP contribution < -0.4 is 0 Å². The molecule has 0 aliphatic carbocycles. The maximum atomic E-state index is 13.1. The molecule has 1 aromatic carbocycles. The number of benzene rings is 1. The van der Waals surface area contributed by atoms with Gasteiger partial charge in [-0.25, -0.2) is 26.7 Å². The van der Waals surface area contributed by atoms with Gasteiger partial charge in [-0.3, -0.25) is 4.79 Å². The molecule has 2 N–H and O–H groups in total. The summed E-state index contributed by atoms with van der Waals surface area (Å²) in [4.78, 5) is 20.8.